The van der Waals surface area contributed by atoms with E-state index in [0.717, 1.165) is 32.5 Å². The minimum absolute atomic E-state index is 0.0110. The molecule has 1 aromatic carbocycles. The third-order valence-corrected chi connectivity index (χ3v) is 5.37. The highest BCUT2D eigenvalue weighted by Crippen LogP contribution is 2.19. The number of amides is 2. The third kappa shape index (κ3) is 4.60. The van der Waals surface area contributed by atoms with Crippen LogP contribution < -0.4 is 5.32 Å². The van der Waals surface area contributed by atoms with Gasteiger partial charge in [-0.1, -0.05) is 30.7 Å². The van der Waals surface area contributed by atoms with E-state index in [-0.39, 0.29) is 17.9 Å². The fourth-order valence-electron chi connectivity index (χ4n) is 3.96. The Bertz CT molecular complexity index is 611. The molecule has 1 N–H and O–H groups in total. The molecule has 0 spiro atoms. The topological polar surface area (TPSA) is 52.7 Å². The molecule has 1 atom stereocenters. The molecule has 2 aliphatic heterocycles. The molecule has 1 aromatic rings. The Balaban J connectivity index is 1.59. The monoisotopic (exact) mass is 343 g/mol. The van der Waals surface area contributed by atoms with Gasteiger partial charge in [0.25, 0.3) is 0 Å². The molecule has 5 heteroatoms. The molecular weight excluding hydrogens is 314 g/mol. The zero-order chi connectivity index (χ0) is 17.6. The number of hydrogen-bond donors (Lipinski definition) is 1. The zero-order valence-electron chi connectivity index (χ0n) is 15.2. The van der Waals surface area contributed by atoms with Crippen molar-refractivity contribution in [2.24, 2.45) is 0 Å². The fourth-order valence-corrected chi connectivity index (χ4v) is 3.96. The summed E-state index contributed by atoms with van der Waals surface area (Å²) in [7, 11) is 0. The van der Waals surface area contributed by atoms with Gasteiger partial charge in [0.05, 0.1) is 0 Å². The summed E-state index contributed by atoms with van der Waals surface area (Å²) >= 11 is 0. The predicted molar refractivity (Wildman–Crippen MR) is 97.8 cm³/mol. The highest BCUT2D eigenvalue weighted by atomic mass is 16.2. The van der Waals surface area contributed by atoms with Crippen molar-refractivity contribution < 1.29 is 9.59 Å². The van der Waals surface area contributed by atoms with E-state index in [9.17, 15) is 9.59 Å². The first-order valence-electron chi connectivity index (χ1n) is 9.49. The van der Waals surface area contributed by atoms with Crippen LogP contribution in [0, 0.1) is 0 Å². The Morgan fingerprint density at radius 3 is 2.48 bits per heavy atom. The summed E-state index contributed by atoms with van der Waals surface area (Å²) in [6.07, 6.45) is 5.56. The minimum Gasteiger partial charge on any atom is -0.350 e. The van der Waals surface area contributed by atoms with Gasteiger partial charge >= 0.3 is 0 Å². The highest BCUT2D eigenvalue weighted by molar-refractivity contribution is 5.87. The van der Waals surface area contributed by atoms with E-state index >= 15 is 0 Å². The molecule has 2 fully saturated rings. The van der Waals surface area contributed by atoms with Crippen LogP contribution in [0.4, 0.5) is 0 Å². The second-order valence-electron chi connectivity index (χ2n) is 7.19. The summed E-state index contributed by atoms with van der Waals surface area (Å²) in [4.78, 5) is 28.4. The molecule has 2 aliphatic rings. The molecular formula is C20H29N3O2. The first-order chi connectivity index (χ1) is 12.1. The maximum absolute atomic E-state index is 12.5. The van der Waals surface area contributed by atoms with Crippen molar-refractivity contribution in [3.8, 4) is 0 Å². The van der Waals surface area contributed by atoms with Crippen molar-refractivity contribution in [2.45, 2.75) is 58.2 Å². The number of piperidine rings is 1. The second-order valence-corrected chi connectivity index (χ2v) is 7.19. The molecule has 0 radical (unpaired) electrons. The van der Waals surface area contributed by atoms with Crippen molar-refractivity contribution in [3.05, 3.63) is 35.4 Å². The molecule has 0 aromatic heterocycles. The van der Waals surface area contributed by atoms with Gasteiger partial charge in [-0.05, 0) is 49.9 Å². The van der Waals surface area contributed by atoms with Crippen molar-refractivity contribution in [2.75, 3.05) is 19.6 Å². The summed E-state index contributed by atoms with van der Waals surface area (Å²) in [5.41, 5.74) is 2.47. The van der Waals surface area contributed by atoms with Crippen LogP contribution in [-0.4, -0.2) is 47.3 Å². The Morgan fingerprint density at radius 1 is 1.04 bits per heavy atom. The maximum Gasteiger partial charge on any atom is 0.243 e. The Morgan fingerprint density at radius 2 is 1.76 bits per heavy atom. The average Bonchev–Trinajstić information content (AvgIpc) is 3.12. The van der Waals surface area contributed by atoms with E-state index in [1.807, 2.05) is 6.07 Å². The van der Waals surface area contributed by atoms with Crippen molar-refractivity contribution >= 4 is 11.8 Å². The van der Waals surface area contributed by atoms with Gasteiger partial charge in [0, 0.05) is 26.6 Å². The van der Waals surface area contributed by atoms with Gasteiger partial charge in [0.1, 0.15) is 6.04 Å². The Labute approximate surface area is 150 Å². The Hall–Kier alpha value is -1.88. The highest BCUT2D eigenvalue weighted by Gasteiger charge is 2.32. The zero-order valence-corrected chi connectivity index (χ0v) is 15.2. The number of nitrogens with one attached hydrogen (secondary N) is 1. The third-order valence-electron chi connectivity index (χ3n) is 5.37. The van der Waals surface area contributed by atoms with Gasteiger partial charge in [-0.2, -0.15) is 0 Å². The number of carbonyl (C=O) groups is 2. The molecule has 0 saturated carbocycles. The van der Waals surface area contributed by atoms with Crippen LogP contribution in [0.15, 0.2) is 24.3 Å². The van der Waals surface area contributed by atoms with E-state index < -0.39 is 0 Å². The van der Waals surface area contributed by atoms with Crippen molar-refractivity contribution in [1.29, 1.82) is 0 Å². The summed E-state index contributed by atoms with van der Waals surface area (Å²) in [5.74, 6) is -0.0383. The van der Waals surface area contributed by atoms with Crippen LogP contribution >= 0.6 is 0 Å². The van der Waals surface area contributed by atoms with Gasteiger partial charge in [-0.15, -0.1) is 0 Å². The molecule has 2 saturated heterocycles. The molecule has 25 heavy (non-hydrogen) atoms. The molecule has 0 bridgehead atoms. The average molecular weight is 343 g/mol. The van der Waals surface area contributed by atoms with Crippen molar-refractivity contribution in [1.82, 2.24) is 15.1 Å². The maximum atomic E-state index is 12.5. The lowest BCUT2D eigenvalue weighted by atomic mass is 10.0. The van der Waals surface area contributed by atoms with Crippen LogP contribution in [0.2, 0.25) is 0 Å². The van der Waals surface area contributed by atoms with Crippen LogP contribution in [0.5, 0.6) is 0 Å². The number of likely N-dealkylation sites (tertiary alicyclic amines) is 2. The summed E-state index contributed by atoms with van der Waals surface area (Å²) in [5, 5.41) is 3.05. The minimum atomic E-state index is -0.299. The predicted octanol–water partition coefficient (Wildman–Crippen LogP) is 2.30. The number of carbonyl (C=O) groups excluding carboxylic acids is 2. The molecule has 136 valence electrons. The molecule has 0 aliphatic carbocycles. The lowest BCUT2D eigenvalue weighted by molar-refractivity contribution is -0.136. The Kier molecular flexibility index (Phi) is 6.08. The molecule has 3 rings (SSSR count). The SMILES string of the molecule is CC(=O)N1CCCC1C(=O)NCc1ccccc1CN1CCCCC1. The van der Waals surface area contributed by atoms with Gasteiger partial charge in [0.15, 0.2) is 0 Å². The van der Waals surface area contributed by atoms with Gasteiger partial charge in [-0.25, -0.2) is 0 Å². The van der Waals surface area contributed by atoms with E-state index in [4.69, 9.17) is 0 Å². The van der Waals surface area contributed by atoms with Crippen molar-refractivity contribution in [3.63, 3.8) is 0 Å². The smallest absolute Gasteiger partial charge is 0.243 e. The number of hydrogen-bond acceptors (Lipinski definition) is 3. The summed E-state index contributed by atoms with van der Waals surface area (Å²) in [6, 6.07) is 8.05. The van der Waals surface area contributed by atoms with E-state index in [1.165, 1.54) is 30.4 Å². The van der Waals surface area contributed by atoms with E-state index in [2.05, 4.69) is 28.4 Å². The van der Waals surface area contributed by atoms with Crippen LogP contribution in [0.25, 0.3) is 0 Å². The number of rotatable bonds is 5. The van der Waals surface area contributed by atoms with E-state index in [1.54, 1.807) is 11.8 Å². The molecule has 2 heterocycles. The van der Waals surface area contributed by atoms with Crippen LogP contribution in [0.1, 0.15) is 50.2 Å². The summed E-state index contributed by atoms with van der Waals surface area (Å²) in [6.45, 7) is 6.05. The molecule has 5 nitrogen and oxygen atoms in total. The molecule has 1 unspecified atom stereocenters. The van der Waals surface area contributed by atoms with Gasteiger partial charge in [0.2, 0.25) is 11.8 Å². The number of benzene rings is 1. The second kappa shape index (κ2) is 8.48. The fraction of sp³-hybridized carbons (Fsp3) is 0.600. The summed E-state index contributed by atoms with van der Waals surface area (Å²) < 4.78 is 0. The lowest BCUT2D eigenvalue weighted by Gasteiger charge is -2.27. The van der Waals surface area contributed by atoms with Crippen LogP contribution in [0.3, 0.4) is 0 Å². The standard InChI is InChI=1S/C20H29N3O2/c1-16(24)23-13-7-10-19(23)20(25)21-14-17-8-3-4-9-18(17)15-22-11-5-2-6-12-22/h3-4,8-9,19H,2,5-7,10-15H2,1H3,(H,21,25). The number of nitrogens with zero attached hydrogens (tertiary/aromatic N) is 2. The van der Waals surface area contributed by atoms with Gasteiger partial charge < -0.3 is 10.2 Å². The normalized spacial score (nSPS) is 21.3. The largest absolute Gasteiger partial charge is 0.350 e. The quantitative estimate of drug-likeness (QED) is 0.892. The van der Waals surface area contributed by atoms with Crippen LogP contribution in [-0.2, 0) is 22.7 Å². The first-order valence-corrected chi connectivity index (χ1v) is 9.49. The van der Waals surface area contributed by atoms with Gasteiger partial charge in [-0.3, -0.25) is 14.5 Å². The lowest BCUT2D eigenvalue weighted by Crippen LogP contribution is -2.45. The first kappa shape index (κ1) is 17.9. The molecule has 2 amide bonds. The van der Waals surface area contributed by atoms with E-state index in [0.29, 0.717) is 13.1 Å².